The van der Waals surface area contributed by atoms with Crippen molar-refractivity contribution in [3.8, 4) is 0 Å². The van der Waals surface area contributed by atoms with Gasteiger partial charge in [0.2, 0.25) is 5.91 Å². The summed E-state index contributed by atoms with van der Waals surface area (Å²) in [4.78, 5) is 28.9. The minimum atomic E-state index is -0.123. The maximum absolute atomic E-state index is 12.5. The molecule has 0 radical (unpaired) electrons. The van der Waals surface area contributed by atoms with Crippen LogP contribution in [0.15, 0.2) is 42.5 Å². The first-order chi connectivity index (χ1) is 13.0. The van der Waals surface area contributed by atoms with Gasteiger partial charge in [0.05, 0.1) is 0 Å². The second-order valence-corrected chi connectivity index (χ2v) is 7.66. The number of hydrogen-bond donors (Lipinski definition) is 1. The van der Waals surface area contributed by atoms with Gasteiger partial charge >= 0.3 is 0 Å². The van der Waals surface area contributed by atoms with Crippen molar-refractivity contribution in [2.75, 3.05) is 30.9 Å². The normalized spacial score (nSPS) is 15.9. The monoisotopic (exact) mass is 363 g/mol. The van der Waals surface area contributed by atoms with Gasteiger partial charge < -0.3 is 15.1 Å². The lowest BCUT2D eigenvalue weighted by molar-refractivity contribution is -0.133. The van der Waals surface area contributed by atoms with Crippen molar-refractivity contribution in [3.05, 3.63) is 59.2 Å². The Morgan fingerprint density at radius 1 is 1.04 bits per heavy atom. The minimum Gasteiger partial charge on any atom is -0.378 e. The second kappa shape index (κ2) is 7.06. The number of rotatable bonds is 4. The largest absolute Gasteiger partial charge is 0.378 e. The Morgan fingerprint density at radius 3 is 2.44 bits per heavy atom. The SMILES string of the molecule is CN(C)c1ccc(C(=O)Nc2ccc3c(c2)CN(C(=O)C2CC2)CC3)cc1. The van der Waals surface area contributed by atoms with Crippen LogP contribution >= 0.6 is 0 Å². The van der Waals surface area contributed by atoms with Crippen LogP contribution in [0, 0.1) is 5.92 Å². The predicted molar refractivity (Wildman–Crippen MR) is 107 cm³/mol. The van der Waals surface area contributed by atoms with E-state index in [-0.39, 0.29) is 17.7 Å². The van der Waals surface area contributed by atoms with Crippen LogP contribution in [0.2, 0.25) is 0 Å². The number of nitrogens with zero attached hydrogens (tertiary/aromatic N) is 2. The first-order valence-corrected chi connectivity index (χ1v) is 9.50. The van der Waals surface area contributed by atoms with Crippen LogP contribution in [0.3, 0.4) is 0 Å². The molecule has 27 heavy (non-hydrogen) atoms. The second-order valence-electron chi connectivity index (χ2n) is 7.66. The third kappa shape index (κ3) is 3.82. The molecule has 1 aliphatic heterocycles. The molecule has 0 saturated heterocycles. The highest BCUT2D eigenvalue weighted by atomic mass is 16.2. The molecule has 2 aromatic rings. The number of carbonyl (C=O) groups is 2. The molecule has 0 bridgehead atoms. The molecular formula is C22H25N3O2. The average Bonchev–Trinajstić information content (AvgIpc) is 3.52. The molecule has 1 N–H and O–H groups in total. The van der Waals surface area contributed by atoms with E-state index in [1.54, 1.807) is 0 Å². The van der Waals surface area contributed by atoms with E-state index in [0.717, 1.165) is 42.7 Å². The molecule has 0 unspecified atom stereocenters. The van der Waals surface area contributed by atoms with Crippen molar-refractivity contribution >= 4 is 23.2 Å². The summed E-state index contributed by atoms with van der Waals surface area (Å²) in [6, 6.07) is 13.6. The highest BCUT2D eigenvalue weighted by molar-refractivity contribution is 6.04. The zero-order chi connectivity index (χ0) is 19.0. The number of amides is 2. The molecule has 2 amide bonds. The molecule has 140 valence electrons. The Morgan fingerprint density at radius 2 is 1.78 bits per heavy atom. The fourth-order valence-electron chi connectivity index (χ4n) is 3.53. The molecule has 1 fully saturated rings. The van der Waals surface area contributed by atoms with E-state index in [1.165, 1.54) is 5.56 Å². The molecule has 1 aliphatic carbocycles. The van der Waals surface area contributed by atoms with Gasteiger partial charge in [-0.3, -0.25) is 9.59 Å². The number of benzene rings is 2. The topological polar surface area (TPSA) is 52.7 Å². The molecule has 0 spiro atoms. The fourth-order valence-corrected chi connectivity index (χ4v) is 3.53. The summed E-state index contributed by atoms with van der Waals surface area (Å²) < 4.78 is 0. The van der Waals surface area contributed by atoms with E-state index in [1.807, 2.05) is 60.3 Å². The van der Waals surface area contributed by atoms with E-state index in [9.17, 15) is 9.59 Å². The fraction of sp³-hybridized carbons (Fsp3) is 0.364. The summed E-state index contributed by atoms with van der Waals surface area (Å²) in [5.74, 6) is 0.414. The summed E-state index contributed by atoms with van der Waals surface area (Å²) in [7, 11) is 3.94. The summed E-state index contributed by atoms with van der Waals surface area (Å²) >= 11 is 0. The molecule has 0 aromatic heterocycles. The highest BCUT2D eigenvalue weighted by Gasteiger charge is 2.34. The lowest BCUT2D eigenvalue weighted by atomic mass is 9.98. The quantitative estimate of drug-likeness (QED) is 0.907. The number of carbonyl (C=O) groups excluding carboxylic acids is 2. The van der Waals surface area contributed by atoms with Gasteiger partial charge in [0, 0.05) is 50.0 Å². The molecule has 4 rings (SSSR count). The van der Waals surface area contributed by atoms with Gasteiger partial charge in [0.25, 0.3) is 5.91 Å². The summed E-state index contributed by atoms with van der Waals surface area (Å²) in [6.45, 7) is 1.44. The predicted octanol–water partition coefficient (Wildman–Crippen LogP) is 3.30. The van der Waals surface area contributed by atoms with E-state index >= 15 is 0 Å². The van der Waals surface area contributed by atoms with Crippen LogP contribution in [0.5, 0.6) is 0 Å². The van der Waals surface area contributed by atoms with Crippen LogP contribution in [-0.2, 0) is 17.8 Å². The van der Waals surface area contributed by atoms with E-state index in [0.29, 0.717) is 12.1 Å². The number of fused-ring (bicyclic) bond motifs is 1. The lowest BCUT2D eigenvalue weighted by Gasteiger charge is -2.29. The van der Waals surface area contributed by atoms with Crippen LogP contribution in [0.25, 0.3) is 0 Å². The van der Waals surface area contributed by atoms with Crippen molar-refractivity contribution in [1.82, 2.24) is 4.90 Å². The third-order valence-electron chi connectivity index (χ3n) is 5.36. The van der Waals surface area contributed by atoms with Gasteiger partial charge in [-0.2, -0.15) is 0 Å². The van der Waals surface area contributed by atoms with E-state index in [2.05, 4.69) is 11.4 Å². The van der Waals surface area contributed by atoms with Crippen LogP contribution in [0.1, 0.15) is 34.3 Å². The molecule has 0 atom stereocenters. The molecule has 2 aliphatic rings. The van der Waals surface area contributed by atoms with Crippen LogP contribution < -0.4 is 10.2 Å². The molecule has 2 aromatic carbocycles. The zero-order valence-corrected chi connectivity index (χ0v) is 15.9. The molecular weight excluding hydrogens is 338 g/mol. The third-order valence-corrected chi connectivity index (χ3v) is 5.36. The maximum atomic E-state index is 12.5. The Labute approximate surface area is 160 Å². The van der Waals surface area contributed by atoms with Gasteiger partial charge in [0.1, 0.15) is 0 Å². The summed E-state index contributed by atoms with van der Waals surface area (Å²) in [5, 5.41) is 2.98. The first kappa shape index (κ1) is 17.6. The zero-order valence-electron chi connectivity index (χ0n) is 15.9. The van der Waals surface area contributed by atoms with Crippen molar-refractivity contribution in [2.45, 2.75) is 25.8 Å². The van der Waals surface area contributed by atoms with Crippen molar-refractivity contribution in [2.24, 2.45) is 5.92 Å². The first-order valence-electron chi connectivity index (χ1n) is 9.50. The molecule has 5 heteroatoms. The van der Waals surface area contributed by atoms with Crippen molar-refractivity contribution in [3.63, 3.8) is 0 Å². The molecule has 1 saturated carbocycles. The Hall–Kier alpha value is -2.82. The number of hydrogen-bond acceptors (Lipinski definition) is 3. The van der Waals surface area contributed by atoms with Gasteiger partial charge in [0.15, 0.2) is 0 Å². The number of nitrogens with one attached hydrogen (secondary N) is 1. The Bertz CT molecular complexity index is 870. The lowest BCUT2D eigenvalue weighted by Crippen LogP contribution is -2.36. The van der Waals surface area contributed by atoms with Crippen molar-refractivity contribution < 1.29 is 9.59 Å². The van der Waals surface area contributed by atoms with Crippen LogP contribution in [0.4, 0.5) is 11.4 Å². The molecule has 1 heterocycles. The smallest absolute Gasteiger partial charge is 0.255 e. The van der Waals surface area contributed by atoms with Gasteiger partial charge in [-0.1, -0.05) is 6.07 Å². The minimum absolute atomic E-state index is 0.123. The van der Waals surface area contributed by atoms with Crippen molar-refractivity contribution in [1.29, 1.82) is 0 Å². The average molecular weight is 363 g/mol. The standard InChI is InChI=1S/C22H25N3O2/c1-24(2)20-9-6-16(7-10-20)21(26)23-19-8-5-15-11-12-25(14-18(15)13-19)22(27)17-3-4-17/h5-10,13,17H,3-4,11-12,14H2,1-2H3,(H,23,26). The van der Waals surface area contributed by atoms with Crippen LogP contribution in [-0.4, -0.2) is 37.4 Å². The van der Waals surface area contributed by atoms with E-state index < -0.39 is 0 Å². The maximum Gasteiger partial charge on any atom is 0.255 e. The van der Waals surface area contributed by atoms with Gasteiger partial charge in [-0.15, -0.1) is 0 Å². The Kier molecular flexibility index (Phi) is 4.60. The summed E-state index contributed by atoms with van der Waals surface area (Å²) in [5.41, 5.74) is 4.86. The summed E-state index contributed by atoms with van der Waals surface area (Å²) in [6.07, 6.45) is 2.95. The van der Waals surface area contributed by atoms with Gasteiger partial charge in [-0.25, -0.2) is 0 Å². The number of anilines is 2. The van der Waals surface area contributed by atoms with E-state index in [4.69, 9.17) is 0 Å². The Balaban J connectivity index is 1.46. The van der Waals surface area contributed by atoms with Gasteiger partial charge in [-0.05, 0) is 66.8 Å². The molecule has 5 nitrogen and oxygen atoms in total. The highest BCUT2D eigenvalue weighted by Crippen LogP contribution is 2.33.